The van der Waals surface area contributed by atoms with Gasteiger partial charge in [0.05, 0.1) is 0 Å². The second-order valence-electron chi connectivity index (χ2n) is 4.91. The minimum atomic E-state index is 1.04. The molecular formula is C17H16. The fourth-order valence-corrected chi connectivity index (χ4v) is 2.49. The van der Waals surface area contributed by atoms with E-state index in [1.807, 2.05) is 0 Å². The monoisotopic (exact) mass is 220 g/mol. The van der Waals surface area contributed by atoms with E-state index in [1.165, 1.54) is 33.4 Å². The zero-order chi connectivity index (χ0) is 11.8. The predicted molar refractivity (Wildman–Crippen MR) is 74.1 cm³/mol. The van der Waals surface area contributed by atoms with Crippen molar-refractivity contribution in [2.75, 3.05) is 0 Å². The number of rotatable bonds is 0. The van der Waals surface area contributed by atoms with Gasteiger partial charge in [0.1, 0.15) is 0 Å². The first kappa shape index (κ1) is 10.3. The Morgan fingerprint density at radius 1 is 0.706 bits per heavy atom. The topological polar surface area (TPSA) is 0 Å². The van der Waals surface area contributed by atoms with Gasteiger partial charge in [-0.15, -0.1) is 0 Å². The lowest BCUT2D eigenvalue weighted by atomic mass is 9.97. The molecule has 1 aliphatic carbocycles. The SMILES string of the molecule is Cc1ccc2c(c1)Cc1cc(C)ccc1C=C2. The third kappa shape index (κ3) is 1.91. The summed E-state index contributed by atoms with van der Waals surface area (Å²) in [6, 6.07) is 13.4. The van der Waals surface area contributed by atoms with E-state index in [0.717, 1.165) is 6.42 Å². The highest BCUT2D eigenvalue weighted by molar-refractivity contribution is 5.75. The summed E-state index contributed by atoms with van der Waals surface area (Å²) < 4.78 is 0. The molecule has 0 radical (unpaired) electrons. The van der Waals surface area contributed by atoms with Crippen LogP contribution in [-0.2, 0) is 6.42 Å². The van der Waals surface area contributed by atoms with Crippen LogP contribution in [0.25, 0.3) is 12.2 Å². The Morgan fingerprint density at radius 2 is 1.18 bits per heavy atom. The van der Waals surface area contributed by atoms with Gasteiger partial charge in [0.2, 0.25) is 0 Å². The van der Waals surface area contributed by atoms with Crippen molar-refractivity contribution in [1.82, 2.24) is 0 Å². The number of benzene rings is 2. The summed E-state index contributed by atoms with van der Waals surface area (Å²) in [6.07, 6.45) is 5.51. The molecule has 0 aromatic heterocycles. The summed E-state index contributed by atoms with van der Waals surface area (Å²) in [5.41, 5.74) is 8.26. The molecule has 0 bridgehead atoms. The van der Waals surface area contributed by atoms with Crippen LogP contribution in [0.5, 0.6) is 0 Å². The maximum atomic E-state index is 2.30. The molecule has 0 heterocycles. The number of fused-ring (bicyclic) bond motifs is 2. The zero-order valence-corrected chi connectivity index (χ0v) is 10.3. The van der Waals surface area contributed by atoms with Crippen molar-refractivity contribution >= 4 is 12.2 Å². The van der Waals surface area contributed by atoms with Crippen LogP contribution in [-0.4, -0.2) is 0 Å². The first-order chi connectivity index (χ1) is 8.22. The standard InChI is InChI=1S/C17H16/c1-12-3-5-14-7-8-15-6-4-13(2)10-17(15)11-16(14)9-12/h3-10H,11H2,1-2H3. The fraction of sp³-hybridized carbons (Fsp3) is 0.176. The average Bonchev–Trinajstić information content (AvgIpc) is 2.46. The maximum Gasteiger partial charge on any atom is -0.00137 e. The first-order valence-corrected chi connectivity index (χ1v) is 6.09. The Bertz CT molecular complexity index is 550. The molecule has 2 aromatic carbocycles. The maximum absolute atomic E-state index is 2.30. The number of hydrogen-bond acceptors (Lipinski definition) is 0. The highest BCUT2D eigenvalue weighted by Gasteiger charge is 2.09. The molecule has 0 unspecified atom stereocenters. The minimum absolute atomic E-state index is 1.04. The Labute approximate surface area is 103 Å². The summed E-state index contributed by atoms with van der Waals surface area (Å²) in [4.78, 5) is 0. The van der Waals surface area contributed by atoms with Crippen molar-refractivity contribution in [2.24, 2.45) is 0 Å². The molecule has 0 nitrogen and oxygen atoms in total. The molecule has 3 rings (SSSR count). The van der Waals surface area contributed by atoms with Crippen LogP contribution in [0.2, 0.25) is 0 Å². The second-order valence-corrected chi connectivity index (χ2v) is 4.91. The van der Waals surface area contributed by atoms with Crippen LogP contribution >= 0.6 is 0 Å². The van der Waals surface area contributed by atoms with Crippen molar-refractivity contribution in [1.29, 1.82) is 0 Å². The van der Waals surface area contributed by atoms with E-state index in [0.29, 0.717) is 0 Å². The van der Waals surface area contributed by atoms with Crippen LogP contribution in [0.1, 0.15) is 33.4 Å². The molecule has 0 heteroatoms. The van der Waals surface area contributed by atoms with E-state index in [1.54, 1.807) is 0 Å². The Hall–Kier alpha value is -1.82. The molecule has 0 fully saturated rings. The summed E-state index contributed by atoms with van der Waals surface area (Å²) in [5.74, 6) is 0. The molecule has 0 atom stereocenters. The van der Waals surface area contributed by atoms with Crippen molar-refractivity contribution in [3.05, 3.63) is 69.8 Å². The third-order valence-corrected chi connectivity index (χ3v) is 3.42. The molecule has 0 saturated carbocycles. The molecule has 0 spiro atoms. The van der Waals surface area contributed by atoms with E-state index in [2.05, 4.69) is 62.4 Å². The van der Waals surface area contributed by atoms with Crippen LogP contribution < -0.4 is 0 Å². The molecule has 17 heavy (non-hydrogen) atoms. The minimum Gasteiger partial charge on any atom is -0.0587 e. The molecule has 0 amide bonds. The Morgan fingerprint density at radius 3 is 1.65 bits per heavy atom. The van der Waals surface area contributed by atoms with Gasteiger partial charge in [-0.05, 0) is 42.5 Å². The summed E-state index contributed by atoms with van der Waals surface area (Å²) in [5, 5.41) is 0. The largest absolute Gasteiger partial charge is 0.0587 e. The van der Waals surface area contributed by atoms with E-state index >= 15 is 0 Å². The van der Waals surface area contributed by atoms with Gasteiger partial charge in [-0.25, -0.2) is 0 Å². The molecule has 84 valence electrons. The predicted octanol–water partition coefficient (Wildman–Crippen LogP) is 4.38. The van der Waals surface area contributed by atoms with Crippen molar-refractivity contribution in [3.63, 3.8) is 0 Å². The van der Waals surface area contributed by atoms with Gasteiger partial charge >= 0.3 is 0 Å². The van der Waals surface area contributed by atoms with Crippen molar-refractivity contribution < 1.29 is 0 Å². The van der Waals surface area contributed by atoms with Gasteiger partial charge in [-0.2, -0.15) is 0 Å². The summed E-state index contributed by atoms with van der Waals surface area (Å²) >= 11 is 0. The lowest BCUT2D eigenvalue weighted by molar-refractivity contribution is 1.16. The van der Waals surface area contributed by atoms with Gasteiger partial charge < -0.3 is 0 Å². The number of hydrogen-bond donors (Lipinski definition) is 0. The van der Waals surface area contributed by atoms with Gasteiger partial charge in [0.25, 0.3) is 0 Å². The van der Waals surface area contributed by atoms with Crippen LogP contribution in [0.4, 0.5) is 0 Å². The zero-order valence-electron chi connectivity index (χ0n) is 10.3. The second kappa shape index (κ2) is 3.89. The highest BCUT2D eigenvalue weighted by Crippen LogP contribution is 2.26. The number of aryl methyl sites for hydroxylation is 2. The van der Waals surface area contributed by atoms with Crippen LogP contribution in [0.15, 0.2) is 36.4 Å². The van der Waals surface area contributed by atoms with Crippen LogP contribution in [0, 0.1) is 13.8 Å². The van der Waals surface area contributed by atoms with Gasteiger partial charge in [0.15, 0.2) is 0 Å². The molecule has 2 aromatic rings. The molecule has 0 saturated heterocycles. The van der Waals surface area contributed by atoms with Crippen molar-refractivity contribution in [3.8, 4) is 0 Å². The van der Waals surface area contributed by atoms with E-state index in [-0.39, 0.29) is 0 Å². The van der Waals surface area contributed by atoms with E-state index < -0.39 is 0 Å². The normalized spacial score (nSPS) is 12.8. The van der Waals surface area contributed by atoms with Gasteiger partial charge in [-0.3, -0.25) is 0 Å². The lowest BCUT2D eigenvalue weighted by Gasteiger charge is -2.08. The molecular weight excluding hydrogens is 204 g/mol. The van der Waals surface area contributed by atoms with Gasteiger partial charge in [-0.1, -0.05) is 59.7 Å². The highest BCUT2D eigenvalue weighted by atomic mass is 14.1. The van der Waals surface area contributed by atoms with E-state index in [4.69, 9.17) is 0 Å². The summed E-state index contributed by atoms with van der Waals surface area (Å²) in [7, 11) is 0. The Kier molecular flexibility index (Phi) is 2.36. The van der Waals surface area contributed by atoms with Crippen molar-refractivity contribution in [2.45, 2.75) is 20.3 Å². The third-order valence-electron chi connectivity index (χ3n) is 3.42. The smallest absolute Gasteiger partial charge is 0.00137 e. The molecule has 0 N–H and O–H groups in total. The quantitative estimate of drug-likeness (QED) is 0.527. The molecule has 1 aliphatic rings. The molecule has 0 aliphatic heterocycles. The van der Waals surface area contributed by atoms with E-state index in [9.17, 15) is 0 Å². The van der Waals surface area contributed by atoms with Crippen LogP contribution in [0.3, 0.4) is 0 Å². The lowest BCUT2D eigenvalue weighted by Crippen LogP contribution is -1.93. The average molecular weight is 220 g/mol. The van der Waals surface area contributed by atoms with Gasteiger partial charge in [0, 0.05) is 0 Å². The Balaban J connectivity index is 2.17. The summed E-state index contributed by atoms with van der Waals surface area (Å²) in [6.45, 7) is 4.32. The first-order valence-electron chi connectivity index (χ1n) is 6.09. The fourth-order valence-electron chi connectivity index (χ4n) is 2.49.